The number of carbonyl (C=O) groups is 1. The zero-order valence-electron chi connectivity index (χ0n) is 20.6. The molecule has 0 spiro atoms. The van der Waals surface area contributed by atoms with Crippen molar-refractivity contribution < 1.29 is 4.79 Å². The summed E-state index contributed by atoms with van der Waals surface area (Å²) in [6.07, 6.45) is 2.78. The molecule has 32 heavy (non-hydrogen) atoms. The summed E-state index contributed by atoms with van der Waals surface area (Å²) in [7, 11) is 0. The number of nitrogens with zero attached hydrogens (tertiary/aromatic N) is 2. The van der Waals surface area contributed by atoms with Gasteiger partial charge in [-0.2, -0.15) is 5.26 Å². The molecular weight excluding hydrogens is 394 g/mol. The first-order chi connectivity index (χ1) is 14.9. The van der Waals surface area contributed by atoms with Gasteiger partial charge in [0.05, 0.1) is 0 Å². The first-order valence-electron chi connectivity index (χ1n) is 11.4. The van der Waals surface area contributed by atoms with Crippen LogP contribution in [0.25, 0.3) is 6.08 Å². The normalized spacial score (nSPS) is 17.7. The average molecular weight is 430 g/mol. The van der Waals surface area contributed by atoms with Crippen LogP contribution in [-0.2, 0) is 4.79 Å². The summed E-state index contributed by atoms with van der Waals surface area (Å²) in [5, 5.41) is 12.6. The first kappa shape index (κ1) is 23.6. The highest BCUT2D eigenvalue weighted by atomic mass is 16.1. The van der Waals surface area contributed by atoms with Crippen molar-refractivity contribution in [3.63, 3.8) is 0 Å². The standard InChI is InChI=1S/C28H35N3O/c1-17(2)31-26-12-20(5)22(14-25(26)21(6)15-28(31,7)8)13-23(16-29)27(32)30-24-10-9-18(3)19(4)11-24/h9-14,17,21H,15H2,1-8H3,(H,30,32)/b23-13-/t21-/m0/s1. The molecule has 0 aromatic heterocycles. The van der Waals surface area contributed by atoms with E-state index in [4.69, 9.17) is 0 Å². The molecule has 0 fully saturated rings. The van der Waals surface area contributed by atoms with E-state index in [1.807, 2.05) is 39.0 Å². The fraction of sp³-hybridized carbons (Fsp3) is 0.429. The van der Waals surface area contributed by atoms with Crippen molar-refractivity contribution in [3.05, 3.63) is 63.7 Å². The second-order valence-corrected chi connectivity index (χ2v) is 10.1. The van der Waals surface area contributed by atoms with Gasteiger partial charge in [0.1, 0.15) is 11.6 Å². The first-order valence-corrected chi connectivity index (χ1v) is 11.4. The molecule has 2 aromatic carbocycles. The second-order valence-electron chi connectivity index (χ2n) is 10.1. The Morgan fingerprint density at radius 2 is 1.84 bits per heavy atom. The maximum absolute atomic E-state index is 12.8. The lowest BCUT2D eigenvalue weighted by Gasteiger charge is -2.50. The van der Waals surface area contributed by atoms with E-state index in [1.165, 1.54) is 11.3 Å². The number of fused-ring (bicyclic) bond motifs is 1. The Labute approximate surface area is 192 Å². The summed E-state index contributed by atoms with van der Waals surface area (Å²) in [6.45, 7) is 17.4. The summed E-state index contributed by atoms with van der Waals surface area (Å²) < 4.78 is 0. The Morgan fingerprint density at radius 1 is 1.16 bits per heavy atom. The van der Waals surface area contributed by atoms with Crippen LogP contribution in [0.4, 0.5) is 11.4 Å². The molecule has 2 aromatic rings. The minimum Gasteiger partial charge on any atom is -0.364 e. The lowest BCUT2D eigenvalue weighted by Crippen LogP contribution is -2.51. The average Bonchev–Trinajstić information content (AvgIpc) is 2.68. The third-order valence-corrected chi connectivity index (χ3v) is 6.61. The molecule has 0 saturated carbocycles. The highest BCUT2D eigenvalue weighted by molar-refractivity contribution is 6.09. The van der Waals surface area contributed by atoms with Gasteiger partial charge in [0.15, 0.2) is 0 Å². The lowest BCUT2D eigenvalue weighted by atomic mass is 9.78. The molecule has 4 heteroatoms. The molecule has 168 valence electrons. The Hall–Kier alpha value is -3.06. The van der Waals surface area contributed by atoms with Gasteiger partial charge in [-0.3, -0.25) is 4.79 Å². The molecule has 0 radical (unpaired) electrons. The van der Waals surface area contributed by atoms with E-state index in [2.05, 4.69) is 63.0 Å². The third kappa shape index (κ3) is 4.58. The quantitative estimate of drug-likeness (QED) is 0.437. The zero-order valence-corrected chi connectivity index (χ0v) is 20.6. The highest BCUT2D eigenvalue weighted by Gasteiger charge is 2.37. The van der Waals surface area contributed by atoms with Crippen molar-refractivity contribution in [1.82, 2.24) is 0 Å². The van der Waals surface area contributed by atoms with Crippen molar-refractivity contribution in [3.8, 4) is 6.07 Å². The molecule has 0 saturated heterocycles. The minimum atomic E-state index is -0.383. The number of amides is 1. The van der Waals surface area contributed by atoms with Crippen molar-refractivity contribution >= 4 is 23.4 Å². The maximum Gasteiger partial charge on any atom is 0.266 e. The number of rotatable bonds is 4. The summed E-state index contributed by atoms with van der Waals surface area (Å²) in [5.41, 5.74) is 7.67. The minimum absolute atomic E-state index is 0.0776. The van der Waals surface area contributed by atoms with Gasteiger partial charge in [-0.15, -0.1) is 0 Å². The Morgan fingerprint density at radius 3 is 2.44 bits per heavy atom. The van der Waals surface area contributed by atoms with E-state index in [9.17, 15) is 10.1 Å². The van der Waals surface area contributed by atoms with E-state index < -0.39 is 0 Å². The number of hydrogen-bond donors (Lipinski definition) is 1. The molecule has 1 N–H and O–H groups in total. The van der Waals surface area contributed by atoms with Gasteiger partial charge < -0.3 is 10.2 Å². The molecular formula is C28H35N3O. The SMILES string of the molecule is Cc1ccc(NC(=O)/C(C#N)=C\c2cc3c(cc2C)N(C(C)C)C(C)(C)C[C@@H]3C)cc1C. The van der Waals surface area contributed by atoms with Crippen LogP contribution in [0.5, 0.6) is 0 Å². The van der Waals surface area contributed by atoms with Crippen LogP contribution in [0.1, 0.15) is 74.8 Å². The van der Waals surface area contributed by atoms with Gasteiger partial charge >= 0.3 is 0 Å². The molecule has 1 aliphatic rings. The number of carbonyl (C=O) groups excluding carboxylic acids is 1. The number of nitriles is 1. The Kier molecular flexibility index (Phi) is 6.51. The van der Waals surface area contributed by atoms with E-state index >= 15 is 0 Å². The van der Waals surface area contributed by atoms with E-state index in [0.717, 1.165) is 28.7 Å². The predicted octanol–water partition coefficient (Wildman–Crippen LogP) is 6.66. The van der Waals surface area contributed by atoms with E-state index in [1.54, 1.807) is 6.08 Å². The fourth-order valence-corrected chi connectivity index (χ4v) is 5.07. The predicted molar refractivity (Wildman–Crippen MR) is 134 cm³/mol. The second kappa shape index (κ2) is 8.82. The summed E-state index contributed by atoms with van der Waals surface area (Å²) in [4.78, 5) is 15.3. The van der Waals surface area contributed by atoms with Crippen molar-refractivity contribution in [2.45, 2.75) is 79.3 Å². The molecule has 0 bridgehead atoms. The Balaban J connectivity index is 1.98. The van der Waals surface area contributed by atoms with Crippen LogP contribution < -0.4 is 10.2 Å². The van der Waals surface area contributed by atoms with E-state index in [0.29, 0.717) is 17.6 Å². The van der Waals surface area contributed by atoms with Crippen molar-refractivity contribution in [2.24, 2.45) is 0 Å². The number of nitrogens with one attached hydrogen (secondary N) is 1. The fourth-order valence-electron chi connectivity index (χ4n) is 5.07. The summed E-state index contributed by atoms with van der Waals surface area (Å²) in [6, 6.07) is 12.6. The smallest absolute Gasteiger partial charge is 0.266 e. The number of aryl methyl sites for hydroxylation is 3. The van der Waals surface area contributed by atoms with Gasteiger partial charge in [0.25, 0.3) is 5.91 Å². The highest BCUT2D eigenvalue weighted by Crippen LogP contribution is 2.45. The zero-order chi connectivity index (χ0) is 23.8. The topological polar surface area (TPSA) is 56.1 Å². The molecule has 1 aliphatic heterocycles. The maximum atomic E-state index is 12.8. The molecule has 0 unspecified atom stereocenters. The van der Waals surface area contributed by atoms with Crippen molar-refractivity contribution in [2.75, 3.05) is 10.2 Å². The van der Waals surface area contributed by atoms with Gasteiger partial charge in [-0.25, -0.2) is 0 Å². The number of hydrogen-bond acceptors (Lipinski definition) is 3. The Bertz CT molecular complexity index is 1120. The van der Waals surface area contributed by atoms with Crippen LogP contribution in [0, 0.1) is 32.1 Å². The third-order valence-electron chi connectivity index (χ3n) is 6.61. The molecule has 1 heterocycles. The molecule has 1 amide bonds. The lowest BCUT2D eigenvalue weighted by molar-refractivity contribution is -0.112. The summed E-state index contributed by atoms with van der Waals surface area (Å²) in [5.74, 6) is 0.0171. The van der Waals surface area contributed by atoms with Gasteiger partial charge in [-0.05, 0) is 119 Å². The molecule has 4 nitrogen and oxygen atoms in total. The van der Waals surface area contributed by atoms with Gasteiger partial charge in [0.2, 0.25) is 0 Å². The van der Waals surface area contributed by atoms with Crippen LogP contribution in [-0.4, -0.2) is 17.5 Å². The monoisotopic (exact) mass is 429 g/mol. The van der Waals surface area contributed by atoms with Crippen LogP contribution in [0.2, 0.25) is 0 Å². The number of benzene rings is 2. The van der Waals surface area contributed by atoms with Crippen molar-refractivity contribution in [1.29, 1.82) is 5.26 Å². The largest absolute Gasteiger partial charge is 0.364 e. The van der Waals surface area contributed by atoms with Gasteiger partial charge in [-0.1, -0.05) is 13.0 Å². The molecule has 3 rings (SSSR count). The number of anilines is 2. The van der Waals surface area contributed by atoms with Gasteiger partial charge in [0, 0.05) is 23.0 Å². The van der Waals surface area contributed by atoms with Crippen LogP contribution in [0.3, 0.4) is 0 Å². The van der Waals surface area contributed by atoms with Crippen LogP contribution in [0.15, 0.2) is 35.9 Å². The summed E-state index contributed by atoms with van der Waals surface area (Å²) >= 11 is 0. The molecule has 1 atom stereocenters. The van der Waals surface area contributed by atoms with E-state index in [-0.39, 0.29) is 17.0 Å². The van der Waals surface area contributed by atoms with Crippen LogP contribution >= 0.6 is 0 Å². The molecule has 0 aliphatic carbocycles.